The molecule has 28 heavy (non-hydrogen) atoms. The third kappa shape index (κ3) is 5.50. The van der Waals surface area contributed by atoms with Crippen LogP contribution in [0.3, 0.4) is 0 Å². The quantitative estimate of drug-likeness (QED) is 0.481. The number of hydrogen-bond donors (Lipinski definition) is 1. The van der Waals surface area contributed by atoms with Gasteiger partial charge >= 0.3 is 0 Å². The minimum absolute atomic E-state index is 0.0237. The lowest BCUT2D eigenvalue weighted by Crippen LogP contribution is -2.26. The van der Waals surface area contributed by atoms with Gasteiger partial charge in [-0.15, -0.1) is 10.2 Å². The number of amides is 1. The van der Waals surface area contributed by atoms with E-state index in [1.54, 1.807) is 11.8 Å². The lowest BCUT2D eigenvalue weighted by Gasteiger charge is -2.16. The number of hydrogen-bond acceptors (Lipinski definition) is 5. The highest BCUT2D eigenvalue weighted by molar-refractivity contribution is 7.98. The Morgan fingerprint density at radius 1 is 1.29 bits per heavy atom. The molecule has 3 rings (SSSR count). The van der Waals surface area contributed by atoms with Crippen LogP contribution in [0, 0.1) is 6.92 Å². The fourth-order valence-electron chi connectivity index (χ4n) is 3.68. The second kappa shape index (κ2) is 10.5. The number of carbonyl (C=O) groups excluding carboxylic acids is 1. The molecule has 0 unspecified atom stereocenters. The summed E-state index contributed by atoms with van der Waals surface area (Å²) in [6, 6.07) is 8.39. The minimum Gasteiger partial charge on any atom is -0.493 e. The molecule has 1 fully saturated rings. The molecular formula is C21H30N4O2S. The van der Waals surface area contributed by atoms with E-state index in [0.717, 1.165) is 35.1 Å². The topological polar surface area (TPSA) is 69.0 Å². The lowest BCUT2D eigenvalue weighted by atomic mass is 10.2. The van der Waals surface area contributed by atoms with Gasteiger partial charge in [0.1, 0.15) is 11.6 Å². The monoisotopic (exact) mass is 402 g/mol. The standard InChI is InChI=1S/C21H30N4O2S/c1-16-8-3-6-11-18(16)27-15-13-20(26)22-14-7-12-19-23-24-21(28-2)25(19)17-9-4-5-10-17/h3,6,8,11,17H,4-5,7,9-10,12-15H2,1-2H3,(H,22,26). The van der Waals surface area contributed by atoms with E-state index in [0.29, 0.717) is 25.6 Å². The number of ether oxygens (including phenoxy) is 1. The molecular weight excluding hydrogens is 372 g/mol. The Kier molecular flexibility index (Phi) is 7.77. The predicted molar refractivity (Wildman–Crippen MR) is 112 cm³/mol. The molecule has 0 saturated heterocycles. The van der Waals surface area contributed by atoms with Crippen molar-refractivity contribution in [2.75, 3.05) is 19.4 Å². The van der Waals surface area contributed by atoms with Crippen molar-refractivity contribution in [3.05, 3.63) is 35.7 Å². The minimum atomic E-state index is 0.0237. The number of nitrogens with zero attached hydrogens (tertiary/aromatic N) is 3. The number of rotatable bonds is 10. The highest BCUT2D eigenvalue weighted by Gasteiger charge is 2.23. The van der Waals surface area contributed by atoms with Gasteiger partial charge in [0.05, 0.1) is 13.0 Å². The van der Waals surface area contributed by atoms with E-state index in [-0.39, 0.29) is 5.91 Å². The second-order valence-electron chi connectivity index (χ2n) is 7.23. The summed E-state index contributed by atoms with van der Waals surface area (Å²) in [6.45, 7) is 3.04. The highest BCUT2D eigenvalue weighted by atomic mass is 32.2. The Morgan fingerprint density at radius 2 is 2.07 bits per heavy atom. The number of carbonyl (C=O) groups is 1. The molecule has 2 aromatic rings. The van der Waals surface area contributed by atoms with E-state index < -0.39 is 0 Å². The first kappa shape index (κ1) is 20.7. The maximum Gasteiger partial charge on any atom is 0.223 e. The number of aromatic nitrogens is 3. The first-order valence-electron chi connectivity index (χ1n) is 10.1. The summed E-state index contributed by atoms with van der Waals surface area (Å²) < 4.78 is 8.01. The first-order valence-corrected chi connectivity index (χ1v) is 11.3. The number of benzene rings is 1. The van der Waals surface area contributed by atoms with Gasteiger partial charge in [-0.3, -0.25) is 4.79 Å². The molecule has 1 saturated carbocycles. The third-order valence-corrected chi connectivity index (χ3v) is 5.83. The van der Waals surface area contributed by atoms with Crippen molar-refractivity contribution in [2.24, 2.45) is 0 Å². The lowest BCUT2D eigenvalue weighted by molar-refractivity contribution is -0.121. The van der Waals surface area contributed by atoms with Crippen LogP contribution in [0.4, 0.5) is 0 Å². The Balaban J connectivity index is 1.38. The van der Waals surface area contributed by atoms with Gasteiger partial charge in [-0.25, -0.2) is 0 Å². The maximum absolute atomic E-state index is 12.0. The summed E-state index contributed by atoms with van der Waals surface area (Å²) >= 11 is 1.66. The molecule has 0 bridgehead atoms. The van der Waals surface area contributed by atoms with E-state index >= 15 is 0 Å². The van der Waals surface area contributed by atoms with Crippen molar-refractivity contribution >= 4 is 17.7 Å². The molecule has 152 valence electrons. The molecule has 1 aromatic carbocycles. The Labute approximate surface area is 171 Å². The third-order valence-electron chi connectivity index (χ3n) is 5.19. The molecule has 0 aliphatic heterocycles. The molecule has 1 aliphatic rings. The molecule has 1 heterocycles. The second-order valence-corrected chi connectivity index (χ2v) is 8.00. The van der Waals surface area contributed by atoms with E-state index in [4.69, 9.17) is 4.74 Å². The molecule has 0 radical (unpaired) electrons. The molecule has 1 amide bonds. The fraction of sp³-hybridized carbons (Fsp3) is 0.571. The average molecular weight is 403 g/mol. The van der Waals surface area contributed by atoms with Crippen molar-refractivity contribution in [3.63, 3.8) is 0 Å². The van der Waals surface area contributed by atoms with Crippen molar-refractivity contribution in [1.82, 2.24) is 20.1 Å². The van der Waals surface area contributed by atoms with Crippen molar-refractivity contribution in [3.8, 4) is 5.75 Å². The van der Waals surface area contributed by atoms with Crippen LogP contribution in [0.1, 0.15) is 56.0 Å². The van der Waals surface area contributed by atoms with E-state index in [1.807, 2.05) is 31.2 Å². The average Bonchev–Trinajstić information content (AvgIpc) is 3.36. The summed E-state index contributed by atoms with van der Waals surface area (Å²) in [5, 5.41) is 12.7. The van der Waals surface area contributed by atoms with Crippen LogP contribution in [0.25, 0.3) is 0 Å². The zero-order chi connectivity index (χ0) is 19.8. The maximum atomic E-state index is 12.0. The van der Waals surface area contributed by atoms with Crippen LogP contribution >= 0.6 is 11.8 Å². The van der Waals surface area contributed by atoms with Crippen LogP contribution in [0.2, 0.25) is 0 Å². The zero-order valence-corrected chi connectivity index (χ0v) is 17.6. The van der Waals surface area contributed by atoms with E-state index in [2.05, 4.69) is 26.3 Å². The fourth-order valence-corrected chi connectivity index (χ4v) is 4.25. The molecule has 6 nitrogen and oxygen atoms in total. The zero-order valence-electron chi connectivity index (χ0n) is 16.8. The first-order chi connectivity index (χ1) is 13.7. The van der Waals surface area contributed by atoms with Crippen molar-refractivity contribution < 1.29 is 9.53 Å². The molecule has 0 atom stereocenters. The summed E-state index contributed by atoms with van der Waals surface area (Å²) in [6.07, 6.45) is 9.13. The Bertz CT molecular complexity index is 772. The number of aryl methyl sites for hydroxylation is 2. The van der Waals surface area contributed by atoms with Gasteiger partial charge in [0.25, 0.3) is 0 Å². The summed E-state index contributed by atoms with van der Waals surface area (Å²) in [5.74, 6) is 1.91. The molecule has 0 spiro atoms. The smallest absolute Gasteiger partial charge is 0.223 e. The summed E-state index contributed by atoms with van der Waals surface area (Å²) in [7, 11) is 0. The van der Waals surface area contributed by atoms with Crippen LogP contribution in [-0.4, -0.2) is 40.1 Å². The molecule has 1 aliphatic carbocycles. The van der Waals surface area contributed by atoms with Gasteiger partial charge < -0.3 is 14.6 Å². The van der Waals surface area contributed by atoms with Gasteiger partial charge in [0.2, 0.25) is 5.91 Å². The number of nitrogens with one attached hydrogen (secondary N) is 1. The van der Waals surface area contributed by atoms with Crippen LogP contribution < -0.4 is 10.1 Å². The van der Waals surface area contributed by atoms with Gasteiger partial charge in [0, 0.05) is 19.0 Å². The van der Waals surface area contributed by atoms with Crippen LogP contribution in [-0.2, 0) is 11.2 Å². The van der Waals surface area contributed by atoms with E-state index in [9.17, 15) is 4.79 Å². The number of thioether (sulfide) groups is 1. The largest absolute Gasteiger partial charge is 0.493 e. The van der Waals surface area contributed by atoms with Crippen molar-refractivity contribution in [1.29, 1.82) is 0 Å². The number of para-hydroxylation sites is 1. The van der Waals surface area contributed by atoms with Gasteiger partial charge in [0.15, 0.2) is 5.16 Å². The molecule has 1 aromatic heterocycles. The van der Waals surface area contributed by atoms with Crippen LogP contribution in [0.5, 0.6) is 5.75 Å². The normalized spacial score (nSPS) is 14.4. The summed E-state index contributed by atoms with van der Waals surface area (Å²) in [4.78, 5) is 12.0. The van der Waals surface area contributed by atoms with Crippen LogP contribution in [0.15, 0.2) is 29.4 Å². The van der Waals surface area contributed by atoms with Gasteiger partial charge in [-0.1, -0.05) is 42.8 Å². The SMILES string of the molecule is CSc1nnc(CCCNC(=O)CCOc2ccccc2C)n1C1CCCC1. The highest BCUT2D eigenvalue weighted by Crippen LogP contribution is 2.33. The predicted octanol–water partition coefficient (Wildman–Crippen LogP) is 3.94. The Morgan fingerprint density at radius 3 is 2.82 bits per heavy atom. The van der Waals surface area contributed by atoms with Gasteiger partial charge in [-0.2, -0.15) is 0 Å². The van der Waals surface area contributed by atoms with E-state index in [1.165, 1.54) is 25.7 Å². The van der Waals surface area contributed by atoms with Crippen molar-refractivity contribution in [2.45, 2.75) is 63.1 Å². The molecule has 1 N–H and O–H groups in total. The van der Waals surface area contributed by atoms with Gasteiger partial charge in [-0.05, 0) is 44.1 Å². The summed E-state index contributed by atoms with van der Waals surface area (Å²) in [5.41, 5.74) is 1.08. The Hall–Kier alpha value is -2.02. The molecule has 7 heteroatoms.